The Morgan fingerprint density at radius 2 is 2.33 bits per heavy atom. The molecular weight excluding hydrogens is 230 g/mol. The van der Waals surface area contributed by atoms with E-state index in [2.05, 4.69) is 10.1 Å². The second-order valence-corrected chi connectivity index (χ2v) is 4.10. The number of hydrogen-bond acceptors (Lipinski definition) is 5. The molecule has 0 amide bonds. The summed E-state index contributed by atoms with van der Waals surface area (Å²) < 4.78 is 5.05. The summed E-state index contributed by atoms with van der Waals surface area (Å²) in [5.74, 6) is 0.840. The molecule has 0 saturated carbocycles. The minimum atomic E-state index is -0.763. The average Bonchev–Trinajstić information content (AvgIpc) is 2.78. The van der Waals surface area contributed by atoms with Gasteiger partial charge in [-0.2, -0.15) is 10.2 Å². The van der Waals surface area contributed by atoms with Gasteiger partial charge in [0, 0.05) is 5.56 Å². The normalized spacial score (nSPS) is 12.1. The van der Waals surface area contributed by atoms with Gasteiger partial charge in [-0.15, -0.1) is 0 Å². The van der Waals surface area contributed by atoms with Crippen molar-refractivity contribution in [3.63, 3.8) is 0 Å². The van der Waals surface area contributed by atoms with Crippen LogP contribution < -0.4 is 0 Å². The number of aromatic nitrogens is 2. The van der Waals surface area contributed by atoms with Gasteiger partial charge >= 0.3 is 0 Å². The predicted octanol–water partition coefficient (Wildman–Crippen LogP) is 1.86. The Labute approximate surface area is 105 Å². The van der Waals surface area contributed by atoms with Gasteiger partial charge in [0.15, 0.2) is 0 Å². The van der Waals surface area contributed by atoms with E-state index in [1.54, 1.807) is 0 Å². The van der Waals surface area contributed by atoms with Crippen molar-refractivity contribution in [1.82, 2.24) is 10.1 Å². The number of nitrogens with zero attached hydrogens (tertiary/aromatic N) is 3. The highest BCUT2D eigenvalue weighted by molar-refractivity contribution is 5.55. The molecule has 2 rings (SSSR count). The fourth-order valence-electron chi connectivity index (χ4n) is 1.62. The highest BCUT2D eigenvalue weighted by Crippen LogP contribution is 2.17. The number of nitriles is 1. The van der Waals surface area contributed by atoms with Crippen LogP contribution in [0.5, 0.6) is 0 Å². The van der Waals surface area contributed by atoms with Crippen LogP contribution in [0.4, 0.5) is 0 Å². The summed E-state index contributed by atoms with van der Waals surface area (Å²) in [5, 5.41) is 21.8. The SMILES string of the molecule is Cc1cccc(-c2noc(CC(O)CC#N)n2)c1. The molecule has 1 N–H and O–H groups in total. The first-order valence-electron chi connectivity index (χ1n) is 5.63. The fourth-order valence-corrected chi connectivity index (χ4v) is 1.62. The summed E-state index contributed by atoms with van der Waals surface area (Å²) in [7, 11) is 0. The molecule has 1 aromatic carbocycles. The summed E-state index contributed by atoms with van der Waals surface area (Å²) in [6.45, 7) is 1.99. The molecule has 0 spiro atoms. The van der Waals surface area contributed by atoms with Crippen LogP contribution in [-0.2, 0) is 6.42 Å². The lowest BCUT2D eigenvalue weighted by atomic mass is 10.1. The van der Waals surface area contributed by atoms with Crippen LogP contribution in [-0.4, -0.2) is 21.4 Å². The molecule has 0 aliphatic rings. The number of aryl methyl sites for hydroxylation is 1. The van der Waals surface area contributed by atoms with E-state index in [-0.39, 0.29) is 12.8 Å². The van der Waals surface area contributed by atoms with Gasteiger partial charge in [-0.25, -0.2) is 0 Å². The van der Waals surface area contributed by atoms with Gasteiger partial charge in [0.2, 0.25) is 11.7 Å². The Morgan fingerprint density at radius 3 is 3.06 bits per heavy atom. The van der Waals surface area contributed by atoms with Crippen LogP contribution in [0.2, 0.25) is 0 Å². The molecule has 1 heterocycles. The molecule has 5 nitrogen and oxygen atoms in total. The summed E-state index contributed by atoms with van der Waals surface area (Å²) in [6.07, 6.45) is -0.505. The lowest BCUT2D eigenvalue weighted by Crippen LogP contribution is -2.09. The molecule has 0 saturated heterocycles. The number of benzene rings is 1. The monoisotopic (exact) mass is 243 g/mol. The van der Waals surface area contributed by atoms with E-state index in [0.29, 0.717) is 11.7 Å². The van der Waals surface area contributed by atoms with E-state index in [4.69, 9.17) is 9.78 Å². The summed E-state index contributed by atoms with van der Waals surface area (Å²) >= 11 is 0. The Morgan fingerprint density at radius 1 is 1.50 bits per heavy atom. The van der Waals surface area contributed by atoms with Gasteiger partial charge < -0.3 is 9.63 Å². The zero-order chi connectivity index (χ0) is 13.0. The predicted molar refractivity (Wildman–Crippen MR) is 64.4 cm³/mol. The number of aliphatic hydroxyl groups is 1. The molecule has 18 heavy (non-hydrogen) atoms. The van der Waals surface area contributed by atoms with Crippen molar-refractivity contribution in [3.8, 4) is 17.5 Å². The van der Waals surface area contributed by atoms with Crippen LogP contribution in [0, 0.1) is 18.3 Å². The number of hydrogen-bond donors (Lipinski definition) is 1. The van der Waals surface area contributed by atoms with Gasteiger partial charge in [0.25, 0.3) is 0 Å². The smallest absolute Gasteiger partial charge is 0.229 e. The second kappa shape index (κ2) is 5.43. The quantitative estimate of drug-likeness (QED) is 0.886. The van der Waals surface area contributed by atoms with Gasteiger partial charge in [-0.3, -0.25) is 0 Å². The highest BCUT2D eigenvalue weighted by atomic mass is 16.5. The van der Waals surface area contributed by atoms with Crippen molar-refractivity contribution in [1.29, 1.82) is 5.26 Å². The van der Waals surface area contributed by atoms with Crippen molar-refractivity contribution in [2.24, 2.45) is 0 Å². The second-order valence-electron chi connectivity index (χ2n) is 4.10. The van der Waals surface area contributed by atoms with Crippen molar-refractivity contribution < 1.29 is 9.63 Å². The fraction of sp³-hybridized carbons (Fsp3) is 0.308. The Hall–Kier alpha value is -2.19. The Balaban J connectivity index is 2.13. The molecule has 2 aromatic rings. The third-order valence-electron chi connectivity index (χ3n) is 2.48. The molecular formula is C13H13N3O2. The van der Waals surface area contributed by atoms with Gasteiger partial charge in [0.1, 0.15) is 0 Å². The summed E-state index contributed by atoms with van der Waals surface area (Å²) in [5.41, 5.74) is 1.99. The molecule has 1 aromatic heterocycles. The van der Waals surface area contributed by atoms with E-state index >= 15 is 0 Å². The standard InChI is InChI=1S/C13H13N3O2/c1-9-3-2-4-10(7-9)13-15-12(18-16-13)8-11(17)5-6-14/h2-4,7,11,17H,5,8H2,1H3. The van der Waals surface area contributed by atoms with E-state index in [0.717, 1.165) is 11.1 Å². The van der Waals surface area contributed by atoms with Crippen LogP contribution in [0.25, 0.3) is 11.4 Å². The molecule has 1 atom stereocenters. The number of aliphatic hydroxyl groups excluding tert-OH is 1. The first-order valence-corrected chi connectivity index (χ1v) is 5.63. The van der Waals surface area contributed by atoms with Crippen LogP contribution in [0.1, 0.15) is 17.9 Å². The maximum Gasteiger partial charge on any atom is 0.229 e. The maximum absolute atomic E-state index is 9.48. The first-order chi connectivity index (χ1) is 8.69. The average molecular weight is 243 g/mol. The Kier molecular flexibility index (Phi) is 3.70. The van der Waals surface area contributed by atoms with E-state index in [1.807, 2.05) is 37.3 Å². The molecule has 0 fully saturated rings. The molecule has 0 bridgehead atoms. The van der Waals surface area contributed by atoms with Crippen LogP contribution in [0.15, 0.2) is 28.8 Å². The van der Waals surface area contributed by atoms with Gasteiger partial charge in [0.05, 0.1) is 25.0 Å². The van der Waals surface area contributed by atoms with Crippen molar-refractivity contribution in [3.05, 3.63) is 35.7 Å². The van der Waals surface area contributed by atoms with Gasteiger partial charge in [-0.05, 0) is 13.0 Å². The largest absolute Gasteiger partial charge is 0.392 e. The molecule has 0 aliphatic heterocycles. The molecule has 92 valence electrons. The minimum absolute atomic E-state index is 0.0577. The molecule has 1 unspecified atom stereocenters. The van der Waals surface area contributed by atoms with Crippen molar-refractivity contribution in [2.75, 3.05) is 0 Å². The minimum Gasteiger partial charge on any atom is -0.392 e. The zero-order valence-electron chi connectivity index (χ0n) is 10.00. The zero-order valence-corrected chi connectivity index (χ0v) is 10.00. The first kappa shape index (κ1) is 12.3. The van der Waals surface area contributed by atoms with E-state index in [9.17, 15) is 5.11 Å². The van der Waals surface area contributed by atoms with Crippen molar-refractivity contribution >= 4 is 0 Å². The van der Waals surface area contributed by atoms with E-state index < -0.39 is 6.10 Å². The maximum atomic E-state index is 9.48. The third kappa shape index (κ3) is 2.93. The third-order valence-corrected chi connectivity index (χ3v) is 2.48. The van der Waals surface area contributed by atoms with Gasteiger partial charge in [-0.1, -0.05) is 28.9 Å². The van der Waals surface area contributed by atoms with Crippen molar-refractivity contribution in [2.45, 2.75) is 25.9 Å². The lowest BCUT2D eigenvalue weighted by molar-refractivity contribution is 0.167. The summed E-state index contributed by atoms with van der Waals surface area (Å²) in [6, 6.07) is 9.66. The number of rotatable bonds is 4. The van der Waals surface area contributed by atoms with Crippen LogP contribution in [0.3, 0.4) is 0 Å². The van der Waals surface area contributed by atoms with Crippen LogP contribution >= 0.6 is 0 Å². The molecule has 0 aliphatic carbocycles. The van der Waals surface area contributed by atoms with E-state index in [1.165, 1.54) is 0 Å². The topological polar surface area (TPSA) is 82.9 Å². The highest BCUT2D eigenvalue weighted by Gasteiger charge is 2.13. The molecule has 5 heteroatoms. The summed E-state index contributed by atoms with van der Waals surface area (Å²) in [4.78, 5) is 4.20. The lowest BCUT2D eigenvalue weighted by Gasteiger charge is -1.99. The molecule has 0 radical (unpaired) electrons. The Bertz CT molecular complexity index is 572.